The van der Waals surface area contributed by atoms with Crippen LogP contribution in [-0.2, 0) is 6.61 Å². The molecule has 0 aliphatic rings. The molecule has 4 rings (SSSR count). The number of nitrogens with zero attached hydrogens (tertiary/aromatic N) is 2. The maximum Gasteiger partial charge on any atom is 0.204 e. The monoisotopic (exact) mass is 629 g/mol. The third-order valence-electron chi connectivity index (χ3n) is 4.02. The standard InChI is InChI=1S/C21H14FI2N3OS/c22-15-6-2-1-5-14(15)12-28-20-16(23)9-13(10-17(20)24)11-25-27-21-26-18-7-3-4-8-19(18)29-21/h1-11H,12H2,(H,26,27)/b25-11+. The third kappa shape index (κ3) is 5.04. The van der Waals surface area contributed by atoms with Crippen molar-refractivity contribution in [3.63, 3.8) is 0 Å². The van der Waals surface area contributed by atoms with Crippen LogP contribution in [0.15, 0.2) is 65.8 Å². The molecule has 4 nitrogen and oxygen atoms in total. The largest absolute Gasteiger partial charge is 0.487 e. The molecule has 1 N–H and O–H groups in total. The minimum atomic E-state index is -0.262. The van der Waals surface area contributed by atoms with Crippen molar-refractivity contribution < 1.29 is 9.13 Å². The minimum Gasteiger partial charge on any atom is -0.487 e. The van der Waals surface area contributed by atoms with Gasteiger partial charge in [0.2, 0.25) is 5.13 Å². The molecule has 0 bridgehead atoms. The summed E-state index contributed by atoms with van der Waals surface area (Å²) in [6, 6.07) is 18.6. The smallest absolute Gasteiger partial charge is 0.204 e. The number of thiazole rings is 1. The number of benzene rings is 3. The fourth-order valence-electron chi connectivity index (χ4n) is 2.64. The van der Waals surface area contributed by atoms with Gasteiger partial charge in [0.25, 0.3) is 0 Å². The Bertz CT molecular complexity index is 1140. The van der Waals surface area contributed by atoms with Crippen molar-refractivity contribution >= 4 is 78.1 Å². The van der Waals surface area contributed by atoms with E-state index in [1.807, 2.05) is 36.4 Å². The number of para-hydroxylation sites is 1. The molecule has 0 atom stereocenters. The van der Waals surface area contributed by atoms with Gasteiger partial charge in [-0.05, 0) is 81.1 Å². The van der Waals surface area contributed by atoms with Crippen molar-refractivity contribution in [2.75, 3.05) is 5.43 Å². The Hall–Kier alpha value is -1.79. The Morgan fingerprint density at radius 2 is 1.79 bits per heavy atom. The van der Waals surface area contributed by atoms with Crippen LogP contribution >= 0.6 is 56.5 Å². The predicted molar refractivity (Wildman–Crippen MR) is 133 cm³/mol. The number of aromatic nitrogens is 1. The first-order valence-electron chi connectivity index (χ1n) is 8.60. The molecule has 0 amide bonds. The van der Waals surface area contributed by atoms with Crippen LogP contribution in [0.3, 0.4) is 0 Å². The average Bonchev–Trinajstić information content (AvgIpc) is 3.11. The van der Waals surface area contributed by atoms with E-state index in [2.05, 4.69) is 60.7 Å². The summed E-state index contributed by atoms with van der Waals surface area (Å²) < 4.78 is 22.7. The van der Waals surface area contributed by atoms with Gasteiger partial charge in [0.05, 0.1) is 23.6 Å². The Balaban J connectivity index is 1.44. The Morgan fingerprint density at radius 1 is 1.07 bits per heavy atom. The summed E-state index contributed by atoms with van der Waals surface area (Å²) in [5, 5.41) is 5.05. The molecule has 0 aliphatic carbocycles. The zero-order chi connectivity index (χ0) is 20.2. The lowest BCUT2D eigenvalue weighted by atomic mass is 10.2. The highest BCUT2D eigenvalue weighted by Crippen LogP contribution is 2.30. The molecule has 0 fully saturated rings. The summed E-state index contributed by atoms with van der Waals surface area (Å²) in [5.41, 5.74) is 5.41. The normalized spacial score (nSPS) is 11.3. The van der Waals surface area contributed by atoms with Crippen LogP contribution in [0.25, 0.3) is 10.2 Å². The van der Waals surface area contributed by atoms with E-state index in [4.69, 9.17) is 4.74 Å². The van der Waals surface area contributed by atoms with Gasteiger partial charge in [-0.25, -0.2) is 9.37 Å². The van der Waals surface area contributed by atoms with Gasteiger partial charge in [-0.2, -0.15) is 5.10 Å². The van der Waals surface area contributed by atoms with Gasteiger partial charge in [0.1, 0.15) is 18.2 Å². The quantitative estimate of drug-likeness (QED) is 0.147. The van der Waals surface area contributed by atoms with Crippen LogP contribution in [0.2, 0.25) is 0 Å². The molecular weight excluding hydrogens is 615 g/mol. The molecule has 0 saturated carbocycles. The predicted octanol–water partition coefficient (Wildman–Crippen LogP) is 6.67. The van der Waals surface area contributed by atoms with Gasteiger partial charge in [0.15, 0.2) is 0 Å². The van der Waals surface area contributed by atoms with E-state index < -0.39 is 0 Å². The molecule has 0 saturated heterocycles. The highest BCUT2D eigenvalue weighted by atomic mass is 127. The van der Waals surface area contributed by atoms with E-state index in [0.29, 0.717) is 5.56 Å². The zero-order valence-corrected chi connectivity index (χ0v) is 20.0. The lowest BCUT2D eigenvalue weighted by molar-refractivity contribution is 0.295. The highest BCUT2D eigenvalue weighted by molar-refractivity contribution is 14.1. The number of hydrogen-bond acceptors (Lipinski definition) is 5. The Morgan fingerprint density at radius 3 is 2.55 bits per heavy atom. The maximum absolute atomic E-state index is 13.8. The molecule has 0 spiro atoms. The SMILES string of the molecule is Fc1ccccc1COc1c(I)cc(/C=N/Nc2nc3ccccc3s2)cc1I. The molecular formula is C21H14FI2N3OS. The van der Waals surface area contributed by atoms with Gasteiger partial charge in [-0.1, -0.05) is 41.7 Å². The molecule has 1 heterocycles. The van der Waals surface area contributed by atoms with Crippen molar-refractivity contribution in [1.82, 2.24) is 4.98 Å². The first kappa shape index (κ1) is 20.5. The number of anilines is 1. The summed E-state index contributed by atoms with van der Waals surface area (Å²) in [6.45, 7) is 0.186. The number of halogens is 3. The number of hydrogen-bond donors (Lipinski definition) is 1. The van der Waals surface area contributed by atoms with Crippen molar-refractivity contribution in [1.29, 1.82) is 0 Å². The summed E-state index contributed by atoms with van der Waals surface area (Å²) in [4.78, 5) is 4.49. The lowest BCUT2D eigenvalue weighted by Crippen LogP contribution is -2.02. The number of rotatable bonds is 6. The van der Waals surface area contributed by atoms with Crippen LogP contribution in [0.5, 0.6) is 5.75 Å². The second-order valence-electron chi connectivity index (χ2n) is 6.05. The molecule has 29 heavy (non-hydrogen) atoms. The summed E-state index contributed by atoms with van der Waals surface area (Å²) in [6.07, 6.45) is 1.75. The summed E-state index contributed by atoms with van der Waals surface area (Å²) >= 11 is 6.00. The van der Waals surface area contributed by atoms with E-state index >= 15 is 0 Å². The van der Waals surface area contributed by atoms with Crippen molar-refractivity contribution in [2.24, 2.45) is 5.10 Å². The maximum atomic E-state index is 13.8. The lowest BCUT2D eigenvalue weighted by Gasteiger charge is -2.12. The molecule has 1 aromatic heterocycles. The topological polar surface area (TPSA) is 46.5 Å². The third-order valence-corrected chi connectivity index (χ3v) is 6.56. The van der Waals surface area contributed by atoms with E-state index in [1.54, 1.807) is 35.8 Å². The second kappa shape index (κ2) is 9.35. The number of hydrazone groups is 1. The van der Waals surface area contributed by atoms with Crippen molar-refractivity contribution in [3.05, 3.63) is 84.7 Å². The molecule has 146 valence electrons. The first-order chi connectivity index (χ1) is 14.1. The fourth-order valence-corrected chi connectivity index (χ4v) is 5.58. The first-order valence-corrected chi connectivity index (χ1v) is 11.6. The molecule has 0 unspecified atom stereocenters. The zero-order valence-electron chi connectivity index (χ0n) is 14.9. The number of nitrogens with one attached hydrogen (secondary N) is 1. The van der Waals surface area contributed by atoms with Crippen LogP contribution in [0.4, 0.5) is 9.52 Å². The van der Waals surface area contributed by atoms with Crippen molar-refractivity contribution in [2.45, 2.75) is 6.61 Å². The van der Waals surface area contributed by atoms with E-state index in [1.165, 1.54) is 6.07 Å². The van der Waals surface area contributed by atoms with Gasteiger partial charge < -0.3 is 4.74 Å². The van der Waals surface area contributed by atoms with E-state index in [0.717, 1.165) is 33.8 Å². The Labute approximate surface area is 198 Å². The fraction of sp³-hybridized carbons (Fsp3) is 0.0476. The average molecular weight is 629 g/mol. The van der Waals surface area contributed by atoms with Gasteiger partial charge in [0, 0.05) is 5.56 Å². The van der Waals surface area contributed by atoms with Crippen LogP contribution < -0.4 is 10.2 Å². The van der Waals surface area contributed by atoms with Gasteiger partial charge >= 0.3 is 0 Å². The second-order valence-corrected chi connectivity index (χ2v) is 9.41. The van der Waals surface area contributed by atoms with E-state index in [-0.39, 0.29) is 12.4 Å². The molecule has 3 aromatic carbocycles. The molecule has 0 radical (unpaired) electrons. The number of fused-ring (bicyclic) bond motifs is 1. The van der Waals surface area contributed by atoms with Crippen LogP contribution in [0, 0.1) is 13.0 Å². The van der Waals surface area contributed by atoms with E-state index in [9.17, 15) is 4.39 Å². The van der Waals surface area contributed by atoms with Crippen molar-refractivity contribution in [3.8, 4) is 5.75 Å². The molecule has 4 aromatic rings. The van der Waals surface area contributed by atoms with Crippen LogP contribution in [-0.4, -0.2) is 11.2 Å². The number of ether oxygens (including phenoxy) is 1. The van der Waals surface area contributed by atoms with Gasteiger partial charge in [-0.3, -0.25) is 5.43 Å². The minimum absolute atomic E-state index is 0.186. The van der Waals surface area contributed by atoms with Gasteiger partial charge in [-0.15, -0.1) is 0 Å². The summed E-state index contributed by atoms with van der Waals surface area (Å²) in [5.74, 6) is 0.480. The summed E-state index contributed by atoms with van der Waals surface area (Å²) in [7, 11) is 0. The van der Waals surface area contributed by atoms with Crippen LogP contribution in [0.1, 0.15) is 11.1 Å². The highest BCUT2D eigenvalue weighted by Gasteiger charge is 2.10. The molecule has 0 aliphatic heterocycles. The molecule has 8 heteroatoms. The Kier molecular flexibility index (Phi) is 6.60.